The van der Waals surface area contributed by atoms with Crippen molar-refractivity contribution in [3.05, 3.63) is 19.7 Å². The average molecular weight is 411 g/mol. The molecule has 2 heterocycles. The van der Waals surface area contributed by atoms with Crippen molar-refractivity contribution in [1.82, 2.24) is 10.2 Å². The number of thiophene rings is 1. The highest BCUT2D eigenvalue weighted by molar-refractivity contribution is 9.11. The van der Waals surface area contributed by atoms with Crippen molar-refractivity contribution in [3.63, 3.8) is 0 Å². The molecule has 2 aromatic heterocycles. The Labute approximate surface area is 140 Å². The summed E-state index contributed by atoms with van der Waals surface area (Å²) < 4.78 is 27.7. The Balaban J connectivity index is 2.20. The molecular weight excluding hydrogens is 396 g/mol. The summed E-state index contributed by atoms with van der Waals surface area (Å²) in [7, 11) is -3.68. The fourth-order valence-corrected chi connectivity index (χ4v) is 6.32. The number of nitrogens with zero attached hydrogens (tertiary/aromatic N) is 2. The Kier molecular flexibility index (Phi) is 5.36. The van der Waals surface area contributed by atoms with Gasteiger partial charge in [0, 0.05) is 17.8 Å². The Morgan fingerprint density at radius 2 is 2.10 bits per heavy atom. The lowest BCUT2D eigenvalue weighted by atomic mass is 10.1. The minimum atomic E-state index is -3.68. The fourth-order valence-electron chi connectivity index (χ4n) is 1.58. The number of anilines is 1. The normalized spacial score (nSPS) is 12.0. The molecule has 0 aliphatic rings. The maximum Gasteiger partial charge on any atom is 0.265 e. The number of sulfonamides is 1. The van der Waals surface area contributed by atoms with E-state index in [9.17, 15) is 8.42 Å². The highest BCUT2D eigenvalue weighted by Gasteiger charge is 2.22. The summed E-state index contributed by atoms with van der Waals surface area (Å²) >= 11 is 5.81. The van der Waals surface area contributed by atoms with Crippen molar-refractivity contribution in [3.8, 4) is 0 Å². The van der Waals surface area contributed by atoms with Crippen molar-refractivity contribution < 1.29 is 8.42 Å². The molecule has 0 aliphatic heterocycles. The number of aromatic nitrogens is 2. The van der Waals surface area contributed by atoms with Gasteiger partial charge in [-0.2, -0.15) is 0 Å². The van der Waals surface area contributed by atoms with E-state index in [0.29, 0.717) is 16.2 Å². The molecule has 21 heavy (non-hydrogen) atoms. The van der Waals surface area contributed by atoms with E-state index in [0.717, 1.165) is 16.3 Å². The third-order valence-corrected chi connectivity index (χ3v) is 7.07. The van der Waals surface area contributed by atoms with E-state index >= 15 is 0 Å². The van der Waals surface area contributed by atoms with Gasteiger partial charge in [-0.05, 0) is 27.9 Å². The molecule has 116 valence electrons. The Morgan fingerprint density at radius 3 is 2.67 bits per heavy atom. The molecule has 0 amide bonds. The van der Waals surface area contributed by atoms with Gasteiger partial charge in [0.25, 0.3) is 10.0 Å². The molecule has 0 spiro atoms. The molecule has 0 saturated heterocycles. The van der Waals surface area contributed by atoms with Gasteiger partial charge in [-0.15, -0.1) is 21.5 Å². The van der Waals surface area contributed by atoms with Crippen molar-refractivity contribution in [2.45, 2.75) is 31.7 Å². The van der Waals surface area contributed by atoms with E-state index in [1.807, 2.05) is 0 Å². The van der Waals surface area contributed by atoms with Gasteiger partial charge in [-0.25, -0.2) is 8.42 Å². The third kappa shape index (κ3) is 4.22. The van der Waals surface area contributed by atoms with Gasteiger partial charge in [0.15, 0.2) is 0 Å². The lowest BCUT2D eigenvalue weighted by Gasteiger charge is -2.02. The molecule has 0 unspecified atom stereocenters. The molecule has 0 aliphatic carbocycles. The number of hydrogen-bond acceptors (Lipinski definition) is 7. The lowest BCUT2D eigenvalue weighted by Crippen LogP contribution is -2.12. The molecule has 3 N–H and O–H groups in total. The first-order chi connectivity index (χ1) is 9.81. The number of nitrogens with two attached hydrogens (primary N) is 1. The zero-order valence-electron chi connectivity index (χ0n) is 11.5. The highest BCUT2D eigenvalue weighted by atomic mass is 79.9. The van der Waals surface area contributed by atoms with Crippen LogP contribution in [0.2, 0.25) is 0 Å². The minimum Gasteiger partial charge on any atom is -0.326 e. The molecule has 0 fully saturated rings. The van der Waals surface area contributed by atoms with E-state index in [1.54, 1.807) is 6.07 Å². The van der Waals surface area contributed by atoms with Crippen molar-refractivity contribution in [2.75, 3.05) is 4.72 Å². The minimum absolute atomic E-state index is 0.175. The van der Waals surface area contributed by atoms with Gasteiger partial charge in [0.2, 0.25) is 5.13 Å². The van der Waals surface area contributed by atoms with Gasteiger partial charge in [0.1, 0.15) is 9.90 Å². The quantitative estimate of drug-likeness (QED) is 0.762. The zero-order valence-corrected chi connectivity index (χ0v) is 15.5. The molecule has 0 atom stereocenters. The van der Waals surface area contributed by atoms with Crippen LogP contribution in [0.4, 0.5) is 5.13 Å². The summed E-state index contributed by atoms with van der Waals surface area (Å²) in [6, 6.07) is 1.56. The lowest BCUT2D eigenvalue weighted by molar-refractivity contribution is 0.601. The molecule has 2 aromatic rings. The van der Waals surface area contributed by atoms with E-state index in [2.05, 4.69) is 44.7 Å². The maximum atomic E-state index is 12.3. The summed E-state index contributed by atoms with van der Waals surface area (Å²) in [6.07, 6.45) is 0.777. The second-order valence-corrected chi connectivity index (χ2v) is 9.93. The molecule has 0 saturated carbocycles. The number of halogens is 1. The van der Waals surface area contributed by atoms with Crippen LogP contribution in [-0.2, 0) is 23.0 Å². The largest absolute Gasteiger partial charge is 0.326 e. The van der Waals surface area contributed by atoms with Crippen LogP contribution in [0.5, 0.6) is 0 Å². The first-order valence-electron chi connectivity index (χ1n) is 6.15. The van der Waals surface area contributed by atoms with Crippen LogP contribution in [0.15, 0.2) is 14.7 Å². The van der Waals surface area contributed by atoms with Gasteiger partial charge in [-0.3, -0.25) is 4.72 Å². The van der Waals surface area contributed by atoms with Crippen LogP contribution in [0.3, 0.4) is 0 Å². The van der Waals surface area contributed by atoms with Crippen LogP contribution in [0, 0.1) is 5.92 Å². The summed E-state index contributed by atoms with van der Waals surface area (Å²) in [4.78, 5) is 0.966. The standard InChI is InChI=1S/C11H15BrN4O2S3/c1-6(2)3-9-14-15-11(20-9)16-21(17,18)8-4-7(5-13)19-10(8)12/h4,6H,3,5,13H2,1-2H3,(H,15,16). The molecule has 0 aromatic carbocycles. The Hall–Kier alpha value is -0.550. The summed E-state index contributed by atoms with van der Waals surface area (Å²) in [5, 5.41) is 8.96. The van der Waals surface area contributed by atoms with Crippen LogP contribution in [0.25, 0.3) is 0 Å². The van der Waals surface area contributed by atoms with Crippen LogP contribution in [0.1, 0.15) is 23.7 Å². The first kappa shape index (κ1) is 16.8. The van der Waals surface area contributed by atoms with Gasteiger partial charge in [-0.1, -0.05) is 25.2 Å². The summed E-state index contributed by atoms with van der Waals surface area (Å²) in [5.74, 6) is 0.445. The number of rotatable bonds is 6. The predicted octanol–water partition coefficient (Wildman–Crippen LogP) is 2.82. The molecular formula is C11H15BrN4O2S3. The van der Waals surface area contributed by atoms with E-state index in [-0.39, 0.29) is 10.0 Å². The molecule has 0 radical (unpaired) electrons. The van der Waals surface area contributed by atoms with Crippen molar-refractivity contribution in [1.29, 1.82) is 0 Å². The fraction of sp³-hybridized carbons (Fsp3) is 0.455. The van der Waals surface area contributed by atoms with Crippen LogP contribution >= 0.6 is 38.6 Å². The van der Waals surface area contributed by atoms with Gasteiger partial charge < -0.3 is 5.73 Å². The van der Waals surface area contributed by atoms with Gasteiger partial charge >= 0.3 is 0 Å². The van der Waals surface area contributed by atoms with Crippen molar-refractivity contribution in [2.24, 2.45) is 11.7 Å². The second kappa shape index (κ2) is 6.69. The molecule has 6 nitrogen and oxygen atoms in total. The topological polar surface area (TPSA) is 98.0 Å². The SMILES string of the molecule is CC(C)Cc1nnc(NS(=O)(=O)c2cc(CN)sc2Br)s1. The smallest absolute Gasteiger partial charge is 0.265 e. The number of nitrogens with one attached hydrogen (secondary N) is 1. The van der Waals surface area contributed by atoms with Crippen molar-refractivity contribution >= 4 is 53.8 Å². The summed E-state index contributed by atoms with van der Waals surface area (Å²) in [5.41, 5.74) is 5.53. The van der Waals surface area contributed by atoms with E-state index in [1.165, 1.54) is 22.7 Å². The Morgan fingerprint density at radius 1 is 1.38 bits per heavy atom. The third-order valence-electron chi connectivity index (χ3n) is 2.47. The van der Waals surface area contributed by atoms with E-state index in [4.69, 9.17) is 5.73 Å². The average Bonchev–Trinajstić information content (AvgIpc) is 2.95. The second-order valence-electron chi connectivity index (χ2n) is 4.76. The first-order valence-corrected chi connectivity index (χ1v) is 10.1. The molecule has 10 heteroatoms. The Bertz CT molecular complexity index is 724. The van der Waals surface area contributed by atoms with Gasteiger partial charge in [0.05, 0.1) is 3.79 Å². The summed E-state index contributed by atoms with van der Waals surface area (Å²) in [6.45, 7) is 4.44. The molecule has 0 bridgehead atoms. The van der Waals surface area contributed by atoms with E-state index < -0.39 is 10.0 Å². The molecule has 2 rings (SSSR count). The number of hydrogen-bond donors (Lipinski definition) is 2. The monoisotopic (exact) mass is 410 g/mol. The van der Waals surface area contributed by atoms with Crippen LogP contribution < -0.4 is 10.5 Å². The van der Waals surface area contributed by atoms with Crippen LogP contribution in [-0.4, -0.2) is 18.6 Å². The zero-order chi connectivity index (χ0) is 15.6. The highest BCUT2D eigenvalue weighted by Crippen LogP contribution is 2.33. The predicted molar refractivity (Wildman–Crippen MR) is 89.2 cm³/mol. The maximum absolute atomic E-state index is 12.3.